The number of hydrogen-bond acceptors (Lipinski definition) is 9. The summed E-state index contributed by atoms with van der Waals surface area (Å²) in [5.41, 5.74) is 13.1. The first kappa shape index (κ1) is 16.1. The number of aliphatic hydroxyl groups excluding tert-OH is 1. The maximum Gasteiger partial charge on any atom is 0.351 e. The van der Waals surface area contributed by atoms with Gasteiger partial charge in [-0.25, -0.2) is 13.9 Å². The molecule has 0 unspecified atom stereocenters. The number of nitrogens with two attached hydrogens (primary N) is 1. The van der Waals surface area contributed by atoms with Crippen molar-refractivity contribution in [1.82, 2.24) is 9.55 Å². The van der Waals surface area contributed by atoms with E-state index in [4.69, 9.17) is 20.7 Å². The highest BCUT2D eigenvalue weighted by Crippen LogP contribution is 2.32. The van der Waals surface area contributed by atoms with E-state index in [1.165, 1.54) is 12.3 Å². The van der Waals surface area contributed by atoms with E-state index in [0.717, 1.165) is 4.57 Å². The zero-order valence-corrected chi connectivity index (χ0v) is 11.8. The van der Waals surface area contributed by atoms with Gasteiger partial charge in [-0.3, -0.25) is 4.57 Å². The fourth-order valence-electron chi connectivity index (χ4n) is 1.93. The van der Waals surface area contributed by atoms with Crippen LogP contribution in [0.25, 0.3) is 10.4 Å². The van der Waals surface area contributed by atoms with E-state index in [1.54, 1.807) is 0 Å². The van der Waals surface area contributed by atoms with E-state index >= 15 is 0 Å². The second kappa shape index (κ2) is 6.69. The molecule has 3 N–H and O–H groups in total. The lowest BCUT2D eigenvalue weighted by Crippen LogP contribution is -2.35. The third-order valence-corrected chi connectivity index (χ3v) is 3.21. The first-order chi connectivity index (χ1) is 10.4. The summed E-state index contributed by atoms with van der Waals surface area (Å²) >= 11 is 0. The van der Waals surface area contributed by atoms with Crippen molar-refractivity contribution in [2.75, 3.05) is 12.1 Å². The Kier molecular flexibility index (Phi) is 4.91. The summed E-state index contributed by atoms with van der Waals surface area (Å²) in [6, 6.07) is 0.0809. The Hall–Kier alpha value is -2.23. The number of hydrogen-bond donors (Lipinski definition) is 2. The Morgan fingerprint density at radius 2 is 2.36 bits per heavy atom. The van der Waals surface area contributed by atoms with E-state index in [-0.39, 0.29) is 5.82 Å². The molecule has 1 fully saturated rings. The topological polar surface area (TPSA) is 182 Å². The summed E-state index contributed by atoms with van der Waals surface area (Å²) in [6.45, 7) is 0. The van der Waals surface area contributed by atoms with Gasteiger partial charge in [0, 0.05) is 11.1 Å². The fourth-order valence-corrected chi connectivity index (χ4v) is 2.20. The van der Waals surface area contributed by atoms with E-state index < -0.39 is 44.4 Å². The quantitative estimate of drug-likeness (QED) is 0.323. The largest absolute Gasteiger partial charge is 0.388 e. The SMILES string of the molecule is [N-]=[N+]=N[C@@H]1[C@@H](OCP(=O)=O)O[C@@H](n2ccc(N)nc2=O)[C@@H]1O. The van der Waals surface area contributed by atoms with Crippen molar-refractivity contribution in [2.45, 2.75) is 24.7 Å². The van der Waals surface area contributed by atoms with E-state index in [1.807, 2.05) is 0 Å². The van der Waals surface area contributed by atoms with Gasteiger partial charge in [-0.15, -0.1) is 0 Å². The third kappa shape index (κ3) is 3.32. The summed E-state index contributed by atoms with van der Waals surface area (Å²) in [6.07, 6.45) is -3.47. The van der Waals surface area contributed by atoms with Gasteiger partial charge in [0.2, 0.25) is 0 Å². The fraction of sp³-hybridized carbons (Fsp3) is 0.556. The highest BCUT2D eigenvalue weighted by atomic mass is 31.1. The molecule has 1 aliphatic heterocycles. The molecular weight excluding hydrogens is 319 g/mol. The first-order valence-electron chi connectivity index (χ1n) is 5.90. The lowest BCUT2D eigenvalue weighted by atomic mass is 10.2. The molecule has 1 aromatic rings. The summed E-state index contributed by atoms with van der Waals surface area (Å²) in [5.74, 6) is -0.0171. The normalized spacial score (nSPS) is 27.3. The lowest BCUT2D eigenvalue weighted by molar-refractivity contribution is -0.148. The Bertz CT molecular complexity index is 720. The highest BCUT2D eigenvalue weighted by Gasteiger charge is 2.45. The molecule has 0 amide bonds. The average Bonchev–Trinajstić information content (AvgIpc) is 2.75. The molecule has 12 nitrogen and oxygen atoms in total. The lowest BCUT2D eigenvalue weighted by Gasteiger charge is -2.16. The summed E-state index contributed by atoms with van der Waals surface area (Å²) in [4.78, 5) is 17.8. The van der Waals surface area contributed by atoms with Crippen LogP contribution in [-0.4, -0.2) is 39.4 Å². The maximum atomic E-state index is 11.7. The molecule has 2 rings (SSSR count). The van der Waals surface area contributed by atoms with Gasteiger partial charge in [0.25, 0.3) is 0 Å². The van der Waals surface area contributed by atoms with Crippen LogP contribution in [0.1, 0.15) is 6.23 Å². The molecular formula is C9H11N6O6P. The molecule has 0 radical (unpaired) electrons. The van der Waals surface area contributed by atoms with Crippen LogP contribution >= 0.6 is 7.68 Å². The minimum absolute atomic E-state index is 0.0171. The summed E-state index contributed by atoms with van der Waals surface area (Å²) in [7, 11) is -2.85. The van der Waals surface area contributed by atoms with Gasteiger partial charge in [-0.05, 0) is 11.6 Å². The smallest absolute Gasteiger partial charge is 0.351 e. The minimum atomic E-state index is -2.85. The number of aliphatic hydroxyl groups is 1. The number of aromatic nitrogens is 2. The monoisotopic (exact) mass is 330 g/mol. The van der Waals surface area contributed by atoms with Crippen molar-refractivity contribution in [3.8, 4) is 0 Å². The Morgan fingerprint density at radius 1 is 1.64 bits per heavy atom. The molecule has 0 bridgehead atoms. The van der Waals surface area contributed by atoms with Crippen LogP contribution in [0.5, 0.6) is 0 Å². The van der Waals surface area contributed by atoms with Gasteiger partial charge in [0.1, 0.15) is 18.0 Å². The number of rotatable bonds is 5. The van der Waals surface area contributed by atoms with Crippen molar-refractivity contribution in [3.63, 3.8) is 0 Å². The number of anilines is 1. The molecule has 1 aliphatic rings. The third-order valence-electron chi connectivity index (χ3n) is 2.85. The predicted octanol–water partition coefficient (Wildman–Crippen LogP) is -0.133. The summed E-state index contributed by atoms with van der Waals surface area (Å²) < 4.78 is 32.2. The molecule has 13 heteroatoms. The Morgan fingerprint density at radius 3 is 2.95 bits per heavy atom. The number of nitrogens with zero attached hydrogens (tertiary/aromatic N) is 5. The molecule has 118 valence electrons. The molecule has 0 aliphatic carbocycles. The van der Waals surface area contributed by atoms with Gasteiger partial charge < -0.3 is 20.3 Å². The molecule has 4 atom stereocenters. The van der Waals surface area contributed by atoms with Crippen LogP contribution < -0.4 is 11.4 Å². The molecule has 0 spiro atoms. The van der Waals surface area contributed by atoms with Crippen LogP contribution in [-0.2, 0) is 18.6 Å². The van der Waals surface area contributed by atoms with Gasteiger partial charge in [-0.2, -0.15) is 4.98 Å². The van der Waals surface area contributed by atoms with Crippen molar-refractivity contribution >= 4 is 13.5 Å². The van der Waals surface area contributed by atoms with Gasteiger partial charge in [-0.1, -0.05) is 5.11 Å². The minimum Gasteiger partial charge on any atom is -0.388 e. The molecule has 1 aromatic heterocycles. The summed E-state index contributed by atoms with van der Waals surface area (Å²) in [5, 5.41) is 13.4. The van der Waals surface area contributed by atoms with Gasteiger partial charge in [0.15, 0.2) is 18.9 Å². The van der Waals surface area contributed by atoms with Crippen molar-refractivity contribution < 1.29 is 23.7 Å². The zero-order chi connectivity index (χ0) is 16.3. The second-order valence-corrected chi connectivity index (χ2v) is 5.18. The standard InChI is InChI=1S/C9H11N6O6P/c10-4-1-2-15(9(17)12-4)7-6(16)5(13-14-11)8(21-7)20-3-22(18)19/h1-2,5-8,16H,3H2,(H2,10,12,17)/t5-,6+,7+,8-/m0/s1. The van der Waals surface area contributed by atoms with Crippen molar-refractivity contribution in [1.29, 1.82) is 0 Å². The zero-order valence-electron chi connectivity index (χ0n) is 10.9. The molecule has 22 heavy (non-hydrogen) atoms. The number of ether oxygens (including phenoxy) is 2. The van der Waals surface area contributed by atoms with Crippen molar-refractivity contribution in [2.24, 2.45) is 5.11 Å². The second-order valence-electron chi connectivity index (χ2n) is 4.25. The van der Waals surface area contributed by atoms with E-state index in [2.05, 4.69) is 15.0 Å². The molecule has 0 aromatic carbocycles. The van der Waals surface area contributed by atoms with Crippen LogP contribution in [0, 0.1) is 0 Å². The average molecular weight is 330 g/mol. The van der Waals surface area contributed by atoms with Crippen LogP contribution in [0.15, 0.2) is 22.2 Å². The van der Waals surface area contributed by atoms with E-state index in [9.17, 15) is 19.0 Å². The van der Waals surface area contributed by atoms with Crippen molar-refractivity contribution in [3.05, 3.63) is 33.2 Å². The Labute approximate surface area is 122 Å². The molecule has 1 saturated heterocycles. The molecule has 2 heterocycles. The van der Waals surface area contributed by atoms with Crippen LogP contribution in [0.4, 0.5) is 5.82 Å². The maximum absolute atomic E-state index is 11.7. The number of azide groups is 1. The van der Waals surface area contributed by atoms with Gasteiger partial charge >= 0.3 is 13.4 Å². The van der Waals surface area contributed by atoms with Gasteiger partial charge in [0.05, 0.1) is 0 Å². The van der Waals surface area contributed by atoms with Crippen LogP contribution in [0.2, 0.25) is 0 Å². The first-order valence-corrected chi connectivity index (χ1v) is 7.26. The molecule has 0 saturated carbocycles. The highest BCUT2D eigenvalue weighted by molar-refractivity contribution is 7.30. The Balaban J connectivity index is 2.30. The predicted molar refractivity (Wildman–Crippen MR) is 70.0 cm³/mol. The van der Waals surface area contributed by atoms with E-state index in [0.29, 0.717) is 0 Å². The van der Waals surface area contributed by atoms with Crippen LogP contribution in [0.3, 0.4) is 0 Å². The number of nitrogen functional groups attached to an aromatic ring is 1.